The van der Waals surface area contributed by atoms with E-state index in [1.807, 2.05) is 29.2 Å². The number of likely N-dealkylation sites (tertiary alicyclic amines) is 1. The molecule has 0 spiro atoms. The minimum Gasteiger partial charge on any atom is -0.497 e. The van der Waals surface area contributed by atoms with Gasteiger partial charge in [0.1, 0.15) is 5.75 Å². The highest BCUT2D eigenvalue weighted by molar-refractivity contribution is 6.42. The fourth-order valence-corrected chi connectivity index (χ4v) is 6.42. The molecular weight excluding hydrogens is 503 g/mol. The SMILES string of the molecule is COc1ccc(N(C(=O)c2ccc(Cl)c(Cl)c2)C2CCN([C@@H]3CCCC[C@@H]3c3ccccc3)CC2)cc1. The van der Waals surface area contributed by atoms with E-state index < -0.39 is 0 Å². The Kier molecular flexibility index (Phi) is 8.39. The molecule has 2 atom stereocenters. The summed E-state index contributed by atoms with van der Waals surface area (Å²) < 4.78 is 5.35. The highest BCUT2D eigenvalue weighted by Gasteiger charge is 2.36. The number of carbonyl (C=O) groups is 1. The quantitative estimate of drug-likeness (QED) is 0.321. The third-order valence-electron chi connectivity index (χ3n) is 8.03. The van der Waals surface area contributed by atoms with Crippen LogP contribution in [-0.4, -0.2) is 43.1 Å². The van der Waals surface area contributed by atoms with Crippen molar-refractivity contribution in [1.29, 1.82) is 0 Å². The zero-order chi connectivity index (χ0) is 25.8. The molecule has 3 aromatic carbocycles. The van der Waals surface area contributed by atoms with Crippen LogP contribution >= 0.6 is 23.2 Å². The van der Waals surface area contributed by atoms with E-state index >= 15 is 0 Å². The third-order valence-corrected chi connectivity index (χ3v) is 8.77. The highest BCUT2D eigenvalue weighted by Crippen LogP contribution is 2.38. The molecule has 1 saturated carbocycles. The van der Waals surface area contributed by atoms with E-state index in [1.165, 1.54) is 31.2 Å². The predicted octanol–water partition coefficient (Wildman–Crippen LogP) is 7.84. The van der Waals surface area contributed by atoms with Gasteiger partial charge in [0.15, 0.2) is 0 Å². The summed E-state index contributed by atoms with van der Waals surface area (Å²) in [5, 5.41) is 0.837. The minimum absolute atomic E-state index is 0.0537. The van der Waals surface area contributed by atoms with Gasteiger partial charge in [-0.05, 0) is 79.6 Å². The van der Waals surface area contributed by atoms with Gasteiger partial charge in [0.25, 0.3) is 5.91 Å². The topological polar surface area (TPSA) is 32.8 Å². The van der Waals surface area contributed by atoms with Gasteiger partial charge in [-0.15, -0.1) is 0 Å². The molecule has 0 radical (unpaired) electrons. The molecular formula is C31H34Cl2N2O2. The Hall–Kier alpha value is -2.53. The molecule has 5 rings (SSSR count). The number of halogens is 2. The Balaban J connectivity index is 1.36. The zero-order valence-corrected chi connectivity index (χ0v) is 22.8. The molecule has 1 heterocycles. The number of carbonyl (C=O) groups excluding carboxylic acids is 1. The van der Waals surface area contributed by atoms with Gasteiger partial charge >= 0.3 is 0 Å². The summed E-state index contributed by atoms with van der Waals surface area (Å²) in [5.41, 5.74) is 2.88. The molecule has 1 saturated heterocycles. The van der Waals surface area contributed by atoms with Crippen LogP contribution in [0, 0.1) is 0 Å². The van der Waals surface area contributed by atoms with Crippen molar-refractivity contribution >= 4 is 34.8 Å². The number of hydrogen-bond acceptors (Lipinski definition) is 3. The summed E-state index contributed by atoms with van der Waals surface area (Å²) in [6.07, 6.45) is 6.95. The van der Waals surface area contributed by atoms with Crippen molar-refractivity contribution < 1.29 is 9.53 Å². The van der Waals surface area contributed by atoms with Crippen LogP contribution in [0.25, 0.3) is 0 Å². The second-order valence-electron chi connectivity index (χ2n) is 10.1. The lowest BCUT2D eigenvalue weighted by Crippen LogP contribution is -2.51. The van der Waals surface area contributed by atoms with Gasteiger partial charge in [-0.25, -0.2) is 0 Å². The number of piperidine rings is 1. The molecule has 0 N–H and O–H groups in total. The molecule has 0 aromatic heterocycles. The molecule has 6 heteroatoms. The molecule has 194 valence electrons. The molecule has 37 heavy (non-hydrogen) atoms. The Bertz CT molecular complexity index is 1190. The normalized spacial score (nSPS) is 20.9. The van der Waals surface area contributed by atoms with Crippen molar-refractivity contribution in [2.24, 2.45) is 0 Å². The standard InChI is InChI=1S/C31H34Cl2N2O2/c1-37-26-14-12-24(13-15-26)35(31(36)23-11-16-28(32)29(33)21-23)25-17-19-34(20-18-25)30-10-6-5-9-27(30)22-7-3-2-4-8-22/h2-4,7-8,11-16,21,25,27,30H,5-6,9-10,17-20H2,1H3/t27-,30-/m1/s1. The van der Waals surface area contributed by atoms with Crippen LogP contribution in [0.2, 0.25) is 10.0 Å². The fraction of sp³-hybridized carbons (Fsp3) is 0.387. The van der Waals surface area contributed by atoms with Crippen LogP contribution in [0.4, 0.5) is 5.69 Å². The van der Waals surface area contributed by atoms with Crippen molar-refractivity contribution in [3.8, 4) is 5.75 Å². The molecule has 1 amide bonds. The first-order valence-corrected chi connectivity index (χ1v) is 14.0. The first-order chi connectivity index (χ1) is 18.0. The van der Waals surface area contributed by atoms with Crippen molar-refractivity contribution in [3.05, 3.63) is 94.0 Å². The van der Waals surface area contributed by atoms with E-state index in [9.17, 15) is 4.79 Å². The Labute approximate surface area is 230 Å². The van der Waals surface area contributed by atoms with Gasteiger partial charge in [-0.3, -0.25) is 9.69 Å². The van der Waals surface area contributed by atoms with Crippen LogP contribution < -0.4 is 9.64 Å². The average molecular weight is 538 g/mol. The number of methoxy groups -OCH3 is 1. The van der Waals surface area contributed by atoms with E-state index in [1.54, 1.807) is 25.3 Å². The number of amides is 1. The van der Waals surface area contributed by atoms with E-state index in [0.29, 0.717) is 27.6 Å². The number of hydrogen-bond donors (Lipinski definition) is 0. The summed E-state index contributed by atoms with van der Waals surface area (Å²) in [6, 6.07) is 24.5. The first kappa shape index (κ1) is 26.1. The van der Waals surface area contributed by atoms with Gasteiger partial charge in [0.05, 0.1) is 17.2 Å². The zero-order valence-electron chi connectivity index (χ0n) is 21.3. The molecule has 2 aliphatic rings. The molecule has 0 bridgehead atoms. The number of ether oxygens (including phenoxy) is 1. The van der Waals surface area contributed by atoms with Crippen LogP contribution in [0.5, 0.6) is 5.75 Å². The second kappa shape index (κ2) is 11.9. The average Bonchev–Trinajstić information content (AvgIpc) is 2.96. The molecule has 0 unspecified atom stereocenters. The van der Waals surface area contributed by atoms with Crippen LogP contribution in [0.15, 0.2) is 72.8 Å². The minimum atomic E-state index is -0.0537. The molecule has 1 aliphatic heterocycles. The first-order valence-electron chi connectivity index (χ1n) is 13.3. The maximum Gasteiger partial charge on any atom is 0.258 e. The Morgan fingerprint density at radius 2 is 1.57 bits per heavy atom. The van der Waals surface area contributed by atoms with Gasteiger partial charge in [0.2, 0.25) is 0 Å². The number of nitrogens with zero attached hydrogens (tertiary/aromatic N) is 2. The number of anilines is 1. The lowest BCUT2D eigenvalue weighted by Gasteiger charge is -2.45. The van der Waals surface area contributed by atoms with Crippen molar-refractivity contribution in [1.82, 2.24) is 4.90 Å². The summed E-state index contributed by atoms with van der Waals surface area (Å²) >= 11 is 12.4. The van der Waals surface area contributed by atoms with Crippen LogP contribution in [0.3, 0.4) is 0 Å². The summed E-state index contributed by atoms with van der Waals surface area (Å²) in [7, 11) is 1.65. The van der Waals surface area contributed by atoms with E-state index in [4.69, 9.17) is 27.9 Å². The molecule has 2 fully saturated rings. The lowest BCUT2D eigenvalue weighted by atomic mass is 9.78. The number of benzene rings is 3. The Morgan fingerprint density at radius 1 is 0.865 bits per heavy atom. The molecule has 1 aliphatic carbocycles. The van der Waals surface area contributed by atoms with E-state index in [2.05, 4.69) is 35.2 Å². The Morgan fingerprint density at radius 3 is 2.24 bits per heavy atom. The van der Waals surface area contributed by atoms with Gasteiger partial charge in [-0.1, -0.05) is 66.4 Å². The van der Waals surface area contributed by atoms with Gasteiger partial charge < -0.3 is 9.64 Å². The maximum absolute atomic E-state index is 13.9. The summed E-state index contributed by atoms with van der Waals surface area (Å²) in [4.78, 5) is 18.5. The summed E-state index contributed by atoms with van der Waals surface area (Å²) in [6.45, 7) is 1.97. The third kappa shape index (κ3) is 5.82. The van der Waals surface area contributed by atoms with Gasteiger partial charge in [0, 0.05) is 36.4 Å². The van der Waals surface area contributed by atoms with Gasteiger partial charge in [-0.2, -0.15) is 0 Å². The monoisotopic (exact) mass is 536 g/mol. The smallest absolute Gasteiger partial charge is 0.258 e. The predicted molar refractivity (Wildman–Crippen MR) is 152 cm³/mol. The van der Waals surface area contributed by atoms with Crippen molar-refractivity contribution in [2.75, 3.05) is 25.1 Å². The van der Waals surface area contributed by atoms with Crippen molar-refractivity contribution in [3.63, 3.8) is 0 Å². The lowest BCUT2D eigenvalue weighted by molar-refractivity contribution is 0.0895. The van der Waals surface area contributed by atoms with E-state index in [-0.39, 0.29) is 11.9 Å². The summed E-state index contributed by atoms with van der Waals surface area (Å²) in [5.74, 6) is 1.30. The van der Waals surface area contributed by atoms with Crippen LogP contribution in [-0.2, 0) is 0 Å². The van der Waals surface area contributed by atoms with E-state index in [0.717, 1.165) is 37.4 Å². The molecule has 4 nitrogen and oxygen atoms in total. The van der Waals surface area contributed by atoms with Crippen LogP contribution in [0.1, 0.15) is 60.4 Å². The van der Waals surface area contributed by atoms with Crippen molar-refractivity contribution in [2.45, 2.75) is 56.5 Å². The fourth-order valence-electron chi connectivity index (χ4n) is 6.12. The molecule has 3 aromatic rings. The number of rotatable bonds is 6. The maximum atomic E-state index is 13.9. The second-order valence-corrected chi connectivity index (χ2v) is 11.0. The highest BCUT2D eigenvalue weighted by atomic mass is 35.5. The largest absolute Gasteiger partial charge is 0.497 e.